The SMILES string of the molecule is c1ccc(-c2cccc(-c3nc(-c4cc5ccccc5o4)nc(-c4c5ccccc5c(-c5ccccc5)c5ccccc45)n3)c2)cc1. The summed E-state index contributed by atoms with van der Waals surface area (Å²) in [6.07, 6.45) is 0. The largest absolute Gasteiger partial charge is 0.453 e. The molecule has 0 saturated carbocycles. The Morgan fingerprint density at radius 1 is 0.340 bits per heavy atom. The molecule has 2 aromatic heterocycles. The van der Waals surface area contributed by atoms with Crippen LogP contribution in [0.25, 0.3) is 89.1 Å². The van der Waals surface area contributed by atoms with Crippen molar-refractivity contribution in [2.75, 3.05) is 0 Å². The molecule has 9 aromatic rings. The van der Waals surface area contributed by atoms with E-state index in [1.165, 1.54) is 11.1 Å². The second-order valence-corrected chi connectivity index (χ2v) is 11.6. The molecular formula is C43H27N3O. The van der Waals surface area contributed by atoms with Crippen LogP contribution in [-0.2, 0) is 0 Å². The van der Waals surface area contributed by atoms with Gasteiger partial charge in [0.05, 0.1) is 0 Å². The minimum absolute atomic E-state index is 0.492. The van der Waals surface area contributed by atoms with E-state index in [1.54, 1.807) is 0 Å². The van der Waals surface area contributed by atoms with E-state index in [2.05, 4.69) is 127 Å². The van der Waals surface area contributed by atoms with E-state index in [4.69, 9.17) is 19.4 Å². The molecule has 0 amide bonds. The van der Waals surface area contributed by atoms with Crippen molar-refractivity contribution in [3.8, 4) is 56.6 Å². The average molecular weight is 602 g/mol. The van der Waals surface area contributed by atoms with Gasteiger partial charge in [0.2, 0.25) is 0 Å². The maximum Gasteiger partial charge on any atom is 0.199 e. The van der Waals surface area contributed by atoms with Gasteiger partial charge >= 0.3 is 0 Å². The summed E-state index contributed by atoms with van der Waals surface area (Å²) in [5.41, 5.74) is 7.26. The van der Waals surface area contributed by atoms with Crippen LogP contribution < -0.4 is 0 Å². The normalized spacial score (nSPS) is 11.4. The Kier molecular flexibility index (Phi) is 6.43. The van der Waals surface area contributed by atoms with Gasteiger partial charge in [-0.15, -0.1) is 0 Å². The first-order chi connectivity index (χ1) is 23.3. The van der Waals surface area contributed by atoms with Crippen LogP contribution in [0.4, 0.5) is 0 Å². The molecular weight excluding hydrogens is 574 g/mol. The van der Waals surface area contributed by atoms with E-state index >= 15 is 0 Å². The monoisotopic (exact) mass is 601 g/mol. The molecule has 0 aliphatic rings. The predicted octanol–water partition coefficient (Wildman–Crippen LogP) is 11.3. The third kappa shape index (κ3) is 4.75. The van der Waals surface area contributed by atoms with Crippen molar-refractivity contribution >= 4 is 32.5 Å². The summed E-state index contributed by atoms with van der Waals surface area (Å²) in [6, 6.07) is 56.4. The van der Waals surface area contributed by atoms with Gasteiger partial charge in [0.25, 0.3) is 0 Å². The minimum Gasteiger partial charge on any atom is -0.453 e. The number of benzene rings is 7. The topological polar surface area (TPSA) is 51.8 Å². The highest BCUT2D eigenvalue weighted by atomic mass is 16.3. The van der Waals surface area contributed by atoms with Crippen LogP contribution in [-0.4, -0.2) is 15.0 Å². The summed E-state index contributed by atoms with van der Waals surface area (Å²) < 4.78 is 6.33. The number of nitrogens with zero attached hydrogens (tertiary/aromatic N) is 3. The van der Waals surface area contributed by atoms with E-state index in [0.29, 0.717) is 23.2 Å². The van der Waals surface area contributed by atoms with E-state index in [1.807, 2.05) is 36.4 Å². The van der Waals surface area contributed by atoms with Crippen LogP contribution in [0.1, 0.15) is 0 Å². The fourth-order valence-corrected chi connectivity index (χ4v) is 6.57. The molecule has 0 aliphatic carbocycles. The van der Waals surface area contributed by atoms with Gasteiger partial charge in [0.1, 0.15) is 5.58 Å². The van der Waals surface area contributed by atoms with Gasteiger partial charge in [0.15, 0.2) is 23.2 Å². The molecule has 0 saturated heterocycles. The highest BCUT2D eigenvalue weighted by Crippen LogP contribution is 2.43. The van der Waals surface area contributed by atoms with Gasteiger partial charge < -0.3 is 4.42 Å². The molecule has 0 radical (unpaired) electrons. The molecule has 0 aliphatic heterocycles. The van der Waals surface area contributed by atoms with Gasteiger partial charge in [-0.3, -0.25) is 0 Å². The molecule has 47 heavy (non-hydrogen) atoms. The van der Waals surface area contributed by atoms with E-state index < -0.39 is 0 Å². The summed E-state index contributed by atoms with van der Waals surface area (Å²) in [5, 5.41) is 5.45. The van der Waals surface area contributed by atoms with Crippen molar-refractivity contribution in [3.63, 3.8) is 0 Å². The first-order valence-electron chi connectivity index (χ1n) is 15.7. The molecule has 2 heterocycles. The molecule has 0 N–H and O–H groups in total. The molecule has 0 unspecified atom stereocenters. The fraction of sp³-hybridized carbons (Fsp3) is 0. The van der Waals surface area contributed by atoms with Crippen molar-refractivity contribution in [2.45, 2.75) is 0 Å². The smallest absolute Gasteiger partial charge is 0.199 e. The molecule has 0 bridgehead atoms. The molecule has 4 heteroatoms. The molecule has 0 spiro atoms. The number of para-hydroxylation sites is 1. The van der Waals surface area contributed by atoms with Crippen LogP contribution in [0.2, 0.25) is 0 Å². The maximum atomic E-state index is 6.33. The van der Waals surface area contributed by atoms with Gasteiger partial charge in [-0.25, -0.2) is 15.0 Å². The Balaban J connectivity index is 1.34. The predicted molar refractivity (Wildman–Crippen MR) is 192 cm³/mol. The molecule has 4 nitrogen and oxygen atoms in total. The lowest BCUT2D eigenvalue weighted by Gasteiger charge is -2.17. The van der Waals surface area contributed by atoms with Crippen LogP contribution >= 0.6 is 0 Å². The Labute approximate surface area is 271 Å². The lowest BCUT2D eigenvalue weighted by molar-refractivity contribution is 0.625. The second kappa shape index (κ2) is 11.2. The summed E-state index contributed by atoms with van der Waals surface area (Å²) in [6.45, 7) is 0. The van der Waals surface area contributed by atoms with E-state index in [0.717, 1.165) is 54.8 Å². The molecule has 0 atom stereocenters. The zero-order chi connectivity index (χ0) is 31.2. The second-order valence-electron chi connectivity index (χ2n) is 11.6. The number of hydrogen-bond acceptors (Lipinski definition) is 4. The summed E-state index contributed by atoms with van der Waals surface area (Å²) in [7, 11) is 0. The number of aromatic nitrogens is 3. The Hall–Kier alpha value is -6.39. The quantitative estimate of drug-likeness (QED) is 0.184. The zero-order valence-corrected chi connectivity index (χ0v) is 25.3. The van der Waals surface area contributed by atoms with Crippen molar-refractivity contribution in [1.82, 2.24) is 15.0 Å². The average Bonchev–Trinajstić information content (AvgIpc) is 3.59. The fourth-order valence-electron chi connectivity index (χ4n) is 6.57. The summed E-state index contributed by atoms with van der Waals surface area (Å²) in [4.78, 5) is 15.4. The van der Waals surface area contributed by atoms with E-state index in [-0.39, 0.29) is 0 Å². The van der Waals surface area contributed by atoms with Crippen LogP contribution in [0.3, 0.4) is 0 Å². The Morgan fingerprint density at radius 2 is 0.851 bits per heavy atom. The zero-order valence-electron chi connectivity index (χ0n) is 25.3. The first-order valence-corrected chi connectivity index (χ1v) is 15.7. The lowest BCUT2D eigenvalue weighted by Crippen LogP contribution is -2.01. The number of hydrogen-bond donors (Lipinski definition) is 0. The van der Waals surface area contributed by atoms with Crippen LogP contribution in [0, 0.1) is 0 Å². The standard InChI is InChI=1S/C43H27N3O/c1-3-14-28(15-4-1)30-19-13-20-32(26-30)41-44-42(38-27-31-18-7-12-25-37(31)47-38)46-43(45-41)40-35-23-10-8-21-33(35)39(29-16-5-2-6-17-29)34-22-9-11-24-36(34)40/h1-27H. The number of furan rings is 1. The number of fused-ring (bicyclic) bond motifs is 3. The first kappa shape index (κ1) is 27.0. The van der Waals surface area contributed by atoms with Crippen molar-refractivity contribution in [2.24, 2.45) is 0 Å². The Morgan fingerprint density at radius 3 is 1.53 bits per heavy atom. The highest BCUT2D eigenvalue weighted by molar-refractivity contribution is 6.20. The third-order valence-electron chi connectivity index (χ3n) is 8.73. The van der Waals surface area contributed by atoms with Crippen molar-refractivity contribution in [3.05, 3.63) is 164 Å². The molecule has 0 fully saturated rings. The minimum atomic E-state index is 0.492. The van der Waals surface area contributed by atoms with Gasteiger partial charge in [-0.2, -0.15) is 0 Å². The maximum absolute atomic E-state index is 6.33. The van der Waals surface area contributed by atoms with Crippen molar-refractivity contribution < 1.29 is 4.42 Å². The molecule has 9 rings (SSSR count). The molecule has 220 valence electrons. The van der Waals surface area contributed by atoms with Crippen molar-refractivity contribution in [1.29, 1.82) is 0 Å². The van der Waals surface area contributed by atoms with Crippen LogP contribution in [0.15, 0.2) is 168 Å². The molecule has 7 aromatic carbocycles. The summed E-state index contributed by atoms with van der Waals surface area (Å²) in [5.74, 6) is 2.28. The van der Waals surface area contributed by atoms with Gasteiger partial charge in [-0.05, 0) is 62.0 Å². The Bertz CT molecular complexity index is 2480. The lowest BCUT2D eigenvalue weighted by atomic mass is 9.88. The summed E-state index contributed by atoms with van der Waals surface area (Å²) >= 11 is 0. The number of rotatable bonds is 5. The van der Waals surface area contributed by atoms with Gasteiger partial charge in [-0.1, -0.05) is 146 Å². The van der Waals surface area contributed by atoms with Gasteiger partial charge in [0, 0.05) is 16.5 Å². The van der Waals surface area contributed by atoms with Crippen LogP contribution in [0.5, 0.6) is 0 Å². The third-order valence-corrected chi connectivity index (χ3v) is 8.73. The highest BCUT2D eigenvalue weighted by Gasteiger charge is 2.21. The van der Waals surface area contributed by atoms with E-state index in [9.17, 15) is 0 Å².